The number of nitrogens with one attached hydrogen (secondary N) is 2. The van der Waals surface area contributed by atoms with Crippen molar-refractivity contribution in [3.8, 4) is 11.4 Å². The van der Waals surface area contributed by atoms with Gasteiger partial charge in [-0.15, -0.1) is 0 Å². The van der Waals surface area contributed by atoms with Gasteiger partial charge in [0, 0.05) is 36.4 Å². The number of pyridine rings is 3. The van der Waals surface area contributed by atoms with Crippen LogP contribution in [-0.4, -0.2) is 41.3 Å². The van der Waals surface area contributed by atoms with Crippen LogP contribution in [0.5, 0.6) is 0 Å². The van der Waals surface area contributed by atoms with E-state index < -0.39 is 0 Å². The number of hydrogen-bond acceptors (Lipinski definition) is 6. The fourth-order valence-electron chi connectivity index (χ4n) is 4.27. The quantitative estimate of drug-likeness (QED) is 0.412. The molecule has 0 bridgehead atoms. The Morgan fingerprint density at radius 2 is 1.85 bits per heavy atom. The van der Waals surface area contributed by atoms with E-state index in [1.54, 1.807) is 6.20 Å². The molecule has 1 aliphatic rings. The van der Waals surface area contributed by atoms with Gasteiger partial charge in [0.25, 0.3) is 5.56 Å². The number of rotatable bonds is 7. The zero-order valence-electron chi connectivity index (χ0n) is 19.4. The van der Waals surface area contributed by atoms with Gasteiger partial charge in [-0.3, -0.25) is 9.78 Å². The van der Waals surface area contributed by atoms with E-state index in [1.165, 1.54) is 0 Å². The number of hydrogen-bond donors (Lipinski definition) is 2. The summed E-state index contributed by atoms with van der Waals surface area (Å²) >= 11 is 0. The van der Waals surface area contributed by atoms with E-state index >= 15 is 0 Å². The number of H-pyrrole nitrogens is 1. The Morgan fingerprint density at radius 3 is 2.65 bits per heavy atom. The van der Waals surface area contributed by atoms with Gasteiger partial charge in [-0.1, -0.05) is 19.4 Å². The van der Waals surface area contributed by atoms with Gasteiger partial charge in [0.05, 0.1) is 30.0 Å². The smallest absolute Gasteiger partial charge is 0.259 e. The Bertz CT molecular complexity index is 1330. The Hall–Kier alpha value is -3.71. The van der Waals surface area contributed by atoms with Crippen molar-refractivity contribution in [2.24, 2.45) is 0 Å². The Kier molecular flexibility index (Phi) is 6.53. The molecule has 1 aliphatic heterocycles. The zero-order valence-corrected chi connectivity index (χ0v) is 19.4. The molecule has 0 atom stereocenters. The second kappa shape index (κ2) is 10.1. The summed E-state index contributed by atoms with van der Waals surface area (Å²) in [6.45, 7) is 5.46. The van der Waals surface area contributed by atoms with E-state index in [0.717, 1.165) is 79.4 Å². The van der Waals surface area contributed by atoms with Gasteiger partial charge in [-0.2, -0.15) is 0 Å². The maximum absolute atomic E-state index is 12.7. The second-order valence-corrected chi connectivity index (χ2v) is 8.52. The number of ether oxygens (including phenoxy) is 1. The summed E-state index contributed by atoms with van der Waals surface area (Å²) in [5.41, 5.74) is 4.46. The monoisotopic (exact) mass is 455 g/mol. The van der Waals surface area contributed by atoms with Gasteiger partial charge >= 0.3 is 0 Å². The van der Waals surface area contributed by atoms with Crippen molar-refractivity contribution >= 4 is 28.0 Å². The van der Waals surface area contributed by atoms with Crippen LogP contribution in [0.3, 0.4) is 0 Å². The molecule has 0 amide bonds. The summed E-state index contributed by atoms with van der Waals surface area (Å²) in [4.78, 5) is 27.5. The average Bonchev–Trinajstić information content (AvgIpc) is 2.88. The molecular weight excluding hydrogens is 426 g/mol. The minimum Gasteiger partial charge on any atom is -0.378 e. The third-order valence-electron chi connectivity index (χ3n) is 6.12. The summed E-state index contributed by atoms with van der Waals surface area (Å²) in [6, 6.07) is 18.1. The van der Waals surface area contributed by atoms with Crippen molar-refractivity contribution < 1.29 is 4.74 Å². The van der Waals surface area contributed by atoms with Crippen LogP contribution in [0.1, 0.15) is 25.5 Å². The normalized spacial score (nSPS) is 13.9. The lowest BCUT2D eigenvalue weighted by atomic mass is 10.1. The molecule has 4 aromatic rings. The highest BCUT2D eigenvalue weighted by atomic mass is 16.5. The van der Waals surface area contributed by atoms with E-state index in [-0.39, 0.29) is 5.56 Å². The predicted octanol–water partition coefficient (Wildman–Crippen LogP) is 4.91. The first kappa shape index (κ1) is 22.1. The van der Waals surface area contributed by atoms with Crippen LogP contribution >= 0.6 is 0 Å². The molecule has 1 aromatic carbocycles. The maximum atomic E-state index is 12.7. The van der Waals surface area contributed by atoms with Gasteiger partial charge in [0.1, 0.15) is 5.82 Å². The number of nitrogens with zero attached hydrogens (tertiary/aromatic N) is 3. The molecule has 174 valence electrons. The molecule has 34 heavy (non-hydrogen) atoms. The maximum Gasteiger partial charge on any atom is 0.259 e. The summed E-state index contributed by atoms with van der Waals surface area (Å²) in [5.74, 6) is 0.522. The highest BCUT2D eigenvalue weighted by Crippen LogP contribution is 2.28. The number of unbranched alkanes of at least 4 members (excludes halogenated alkanes) is 1. The number of aromatic nitrogens is 3. The van der Waals surface area contributed by atoms with E-state index in [9.17, 15) is 4.79 Å². The van der Waals surface area contributed by atoms with Gasteiger partial charge in [-0.25, -0.2) is 4.98 Å². The van der Waals surface area contributed by atoms with Gasteiger partial charge in [-0.05, 0) is 66.8 Å². The van der Waals surface area contributed by atoms with Crippen molar-refractivity contribution in [1.82, 2.24) is 15.0 Å². The summed E-state index contributed by atoms with van der Waals surface area (Å²) in [6.07, 6.45) is 4.84. The molecule has 7 heteroatoms. The Balaban J connectivity index is 1.49. The van der Waals surface area contributed by atoms with Crippen molar-refractivity contribution in [2.45, 2.75) is 26.2 Å². The lowest BCUT2D eigenvalue weighted by Crippen LogP contribution is -2.36. The largest absolute Gasteiger partial charge is 0.378 e. The molecule has 7 nitrogen and oxygen atoms in total. The molecule has 2 N–H and O–H groups in total. The molecule has 0 saturated carbocycles. The third-order valence-corrected chi connectivity index (χ3v) is 6.12. The molecule has 0 aliphatic carbocycles. The van der Waals surface area contributed by atoms with Crippen LogP contribution in [0.15, 0.2) is 65.6 Å². The third kappa shape index (κ3) is 4.79. The minimum atomic E-state index is -0.173. The number of benzene rings is 1. The Morgan fingerprint density at radius 1 is 1.03 bits per heavy atom. The first-order valence-corrected chi connectivity index (χ1v) is 11.9. The van der Waals surface area contributed by atoms with Crippen LogP contribution < -0.4 is 15.8 Å². The number of fused-ring (bicyclic) bond motifs is 1. The van der Waals surface area contributed by atoms with Crippen molar-refractivity contribution in [2.75, 3.05) is 36.5 Å². The zero-order chi connectivity index (χ0) is 23.3. The Labute approximate surface area is 198 Å². The van der Waals surface area contributed by atoms with Crippen LogP contribution in [0.2, 0.25) is 0 Å². The summed E-state index contributed by atoms with van der Waals surface area (Å²) in [7, 11) is 0. The molecule has 4 heterocycles. The number of morpholine rings is 1. The van der Waals surface area contributed by atoms with Crippen molar-refractivity contribution in [3.05, 3.63) is 76.8 Å². The molecule has 0 spiro atoms. The molecule has 1 saturated heterocycles. The minimum absolute atomic E-state index is 0.173. The van der Waals surface area contributed by atoms with Crippen LogP contribution in [0.25, 0.3) is 22.2 Å². The first-order chi connectivity index (χ1) is 16.7. The molecule has 3 aromatic heterocycles. The van der Waals surface area contributed by atoms with E-state index in [2.05, 4.69) is 40.3 Å². The highest BCUT2D eigenvalue weighted by molar-refractivity contribution is 5.95. The molecular formula is C27H29N5O2. The SMILES string of the molecule is CCCCc1cccc(-c2cc3cc[nH]c(=O)c3c(Nc3ccc(N4CCOCC4)cc3)n2)n1. The van der Waals surface area contributed by atoms with E-state index in [1.807, 2.05) is 36.4 Å². The molecule has 0 radical (unpaired) electrons. The average molecular weight is 456 g/mol. The lowest BCUT2D eigenvalue weighted by Gasteiger charge is -2.28. The van der Waals surface area contributed by atoms with E-state index in [4.69, 9.17) is 14.7 Å². The standard InChI is InChI=1S/C27H29N5O2/c1-2-3-5-20-6-4-7-23(29-20)24-18-19-12-13-28-27(33)25(19)26(31-24)30-21-8-10-22(11-9-21)32-14-16-34-17-15-32/h4,6-13,18H,2-3,5,14-17H2,1H3,(H,28,33)(H,30,31). The summed E-state index contributed by atoms with van der Waals surface area (Å²) in [5, 5.41) is 4.73. The van der Waals surface area contributed by atoms with Gasteiger partial charge in [0.15, 0.2) is 0 Å². The number of aromatic amines is 1. The topological polar surface area (TPSA) is 83.1 Å². The summed E-state index contributed by atoms with van der Waals surface area (Å²) < 4.78 is 5.45. The van der Waals surface area contributed by atoms with Crippen molar-refractivity contribution in [3.63, 3.8) is 0 Å². The fraction of sp³-hybridized carbons (Fsp3) is 0.296. The van der Waals surface area contributed by atoms with Gasteiger partial charge in [0.2, 0.25) is 0 Å². The highest BCUT2D eigenvalue weighted by Gasteiger charge is 2.14. The van der Waals surface area contributed by atoms with E-state index in [0.29, 0.717) is 11.2 Å². The molecule has 5 rings (SSSR count). The number of aryl methyl sites for hydroxylation is 1. The fourth-order valence-corrected chi connectivity index (χ4v) is 4.27. The lowest BCUT2D eigenvalue weighted by molar-refractivity contribution is 0.122. The van der Waals surface area contributed by atoms with Crippen molar-refractivity contribution in [1.29, 1.82) is 0 Å². The van der Waals surface area contributed by atoms with Crippen LogP contribution in [0.4, 0.5) is 17.2 Å². The second-order valence-electron chi connectivity index (χ2n) is 8.52. The first-order valence-electron chi connectivity index (χ1n) is 11.9. The van der Waals surface area contributed by atoms with Crippen LogP contribution in [-0.2, 0) is 11.2 Å². The number of anilines is 3. The molecule has 1 fully saturated rings. The predicted molar refractivity (Wildman–Crippen MR) is 137 cm³/mol. The van der Waals surface area contributed by atoms with Gasteiger partial charge < -0.3 is 19.9 Å². The molecule has 0 unspecified atom stereocenters. The van der Waals surface area contributed by atoms with Crippen LogP contribution in [0, 0.1) is 0 Å².